The van der Waals surface area contributed by atoms with Crippen molar-refractivity contribution in [2.45, 2.75) is 6.92 Å². The molecule has 0 saturated carbocycles. The summed E-state index contributed by atoms with van der Waals surface area (Å²) in [5, 5.41) is 4.54. The van der Waals surface area contributed by atoms with Gasteiger partial charge in [0.25, 0.3) is 17.1 Å². The number of benzene rings is 2. The molecule has 8 heteroatoms. The Labute approximate surface area is 166 Å². The molecule has 2 N–H and O–H groups in total. The highest BCUT2D eigenvalue weighted by atomic mass is 32.2. The number of ether oxygens (including phenoxy) is 2. The predicted molar refractivity (Wildman–Crippen MR) is 107 cm³/mol. The van der Waals surface area contributed by atoms with E-state index in [9.17, 15) is 14.4 Å². The lowest BCUT2D eigenvalue weighted by atomic mass is 10.2. The molecular formula is C20H18N2O5S. The van der Waals surface area contributed by atoms with Crippen LogP contribution in [-0.2, 0) is 9.59 Å². The van der Waals surface area contributed by atoms with Gasteiger partial charge in [-0.25, -0.2) is 0 Å². The van der Waals surface area contributed by atoms with Gasteiger partial charge in [-0.15, -0.1) is 0 Å². The Morgan fingerprint density at radius 3 is 2.50 bits per heavy atom. The molecule has 1 heterocycles. The Morgan fingerprint density at radius 2 is 1.79 bits per heavy atom. The molecule has 0 spiro atoms. The van der Waals surface area contributed by atoms with E-state index in [1.165, 1.54) is 0 Å². The summed E-state index contributed by atoms with van der Waals surface area (Å²) in [6, 6.07) is 14.1. The van der Waals surface area contributed by atoms with Crippen molar-refractivity contribution in [2.75, 3.05) is 18.5 Å². The fourth-order valence-electron chi connectivity index (χ4n) is 2.47. The van der Waals surface area contributed by atoms with Gasteiger partial charge >= 0.3 is 0 Å². The third-order valence-corrected chi connectivity index (χ3v) is 4.48. The van der Waals surface area contributed by atoms with Gasteiger partial charge in [0.15, 0.2) is 6.61 Å². The van der Waals surface area contributed by atoms with E-state index in [4.69, 9.17) is 9.47 Å². The van der Waals surface area contributed by atoms with Gasteiger partial charge < -0.3 is 14.8 Å². The van der Waals surface area contributed by atoms with Gasteiger partial charge in [-0.05, 0) is 43.0 Å². The van der Waals surface area contributed by atoms with Crippen molar-refractivity contribution >= 4 is 40.6 Å². The average molecular weight is 398 g/mol. The van der Waals surface area contributed by atoms with Gasteiger partial charge in [0.05, 0.1) is 17.2 Å². The second-order valence-electron chi connectivity index (χ2n) is 5.66. The fourth-order valence-corrected chi connectivity index (χ4v) is 3.15. The lowest BCUT2D eigenvalue weighted by Crippen LogP contribution is -2.21. The molecule has 3 amide bonds. The van der Waals surface area contributed by atoms with E-state index in [1.807, 2.05) is 13.0 Å². The topological polar surface area (TPSA) is 93.7 Å². The standard InChI is InChI=1S/C20H18N2O5S/c1-2-26-16-10-6-4-8-14(16)21-18(23)12-27-15-9-5-3-7-13(15)11-17-19(24)22-20(25)28-17/h3-11H,2,12H2,1H3,(H,21,23)(H,22,24,25)/b17-11-. The molecule has 1 aliphatic heterocycles. The number of amides is 3. The Morgan fingerprint density at radius 1 is 1.07 bits per heavy atom. The molecule has 1 saturated heterocycles. The summed E-state index contributed by atoms with van der Waals surface area (Å²) in [6.07, 6.45) is 1.56. The maximum absolute atomic E-state index is 12.3. The molecule has 0 unspecified atom stereocenters. The van der Waals surface area contributed by atoms with E-state index < -0.39 is 11.1 Å². The minimum Gasteiger partial charge on any atom is -0.492 e. The zero-order chi connectivity index (χ0) is 19.9. The summed E-state index contributed by atoms with van der Waals surface area (Å²) in [6.45, 7) is 2.13. The van der Waals surface area contributed by atoms with Crippen molar-refractivity contribution in [2.24, 2.45) is 0 Å². The van der Waals surface area contributed by atoms with E-state index in [2.05, 4.69) is 10.6 Å². The smallest absolute Gasteiger partial charge is 0.290 e. The third-order valence-electron chi connectivity index (χ3n) is 3.67. The maximum Gasteiger partial charge on any atom is 0.290 e. The second kappa shape index (κ2) is 9.09. The maximum atomic E-state index is 12.3. The van der Waals surface area contributed by atoms with Gasteiger partial charge in [0, 0.05) is 5.56 Å². The molecule has 144 valence electrons. The molecule has 0 bridgehead atoms. The fraction of sp³-hybridized carbons (Fsp3) is 0.150. The number of rotatable bonds is 7. The zero-order valence-electron chi connectivity index (χ0n) is 15.1. The van der Waals surface area contributed by atoms with Crippen molar-refractivity contribution in [1.82, 2.24) is 5.32 Å². The van der Waals surface area contributed by atoms with Gasteiger partial charge in [-0.1, -0.05) is 30.3 Å². The van der Waals surface area contributed by atoms with E-state index in [-0.39, 0.29) is 17.4 Å². The van der Waals surface area contributed by atoms with Gasteiger partial charge in [-0.3, -0.25) is 19.7 Å². The molecule has 28 heavy (non-hydrogen) atoms. The van der Waals surface area contributed by atoms with Gasteiger partial charge in [-0.2, -0.15) is 0 Å². The molecule has 0 aromatic heterocycles. The van der Waals surface area contributed by atoms with Crippen molar-refractivity contribution in [1.29, 1.82) is 0 Å². The average Bonchev–Trinajstić information content (AvgIpc) is 3.00. The first kappa shape index (κ1) is 19.5. The summed E-state index contributed by atoms with van der Waals surface area (Å²) in [4.78, 5) is 35.6. The molecule has 2 aromatic carbocycles. The minimum atomic E-state index is -0.449. The van der Waals surface area contributed by atoms with E-state index in [0.717, 1.165) is 11.8 Å². The number of carbonyl (C=O) groups excluding carboxylic acids is 3. The SMILES string of the molecule is CCOc1ccccc1NC(=O)COc1ccccc1/C=C1\SC(=O)NC1=O. The Hall–Kier alpha value is -3.26. The summed E-state index contributed by atoms with van der Waals surface area (Å²) >= 11 is 0.822. The Balaban J connectivity index is 1.67. The molecule has 0 atom stereocenters. The van der Waals surface area contributed by atoms with E-state index in [1.54, 1.807) is 48.5 Å². The molecule has 0 aliphatic carbocycles. The number of nitrogens with one attached hydrogen (secondary N) is 2. The van der Waals surface area contributed by atoms with Crippen LogP contribution in [0, 0.1) is 0 Å². The van der Waals surface area contributed by atoms with E-state index in [0.29, 0.717) is 29.4 Å². The van der Waals surface area contributed by atoms with Gasteiger partial charge in [0.1, 0.15) is 11.5 Å². The quantitative estimate of drug-likeness (QED) is 0.694. The summed E-state index contributed by atoms with van der Waals surface area (Å²) in [5.74, 6) is 0.210. The van der Waals surface area contributed by atoms with Gasteiger partial charge in [0.2, 0.25) is 0 Å². The summed E-state index contributed by atoms with van der Waals surface area (Å²) in [5.41, 5.74) is 1.16. The van der Waals surface area contributed by atoms with Crippen LogP contribution in [0.1, 0.15) is 12.5 Å². The number of hydrogen-bond acceptors (Lipinski definition) is 6. The van der Waals surface area contributed by atoms with Crippen LogP contribution in [0.2, 0.25) is 0 Å². The van der Waals surface area contributed by atoms with Crippen molar-refractivity contribution in [3.8, 4) is 11.5 Å². The first-order valence-corrected chi connectivity index (χ1v) is 9.37. The lowest BCUT2D eigenvalue weighted by Gasteiger charge is -2.12. The highest BCUT2D eigenvalue weighted by Gasteiger charge is 2.25. The molecular weight excluding hydrogens is 380 g/mol. The van der Waals surface area contributed by atoms with Crippen LogP contribution >= 0.6 is 11.8 Å². The Bertz CT molecular complexity index is 942. The number of carbonyl (C=O) groups is 3. The monoisotopic (exact) mass is 398 g/mol. The highest BCUT2D eigenvalue weighted by Crippen LogP contribution is 2.29. The molecule has 0 radical (unpaired) electrons. The van der Waals surface area contributed by atoms with Crippen LogP contribution in [0.3, 0.4) is 0 Å². The van der Waals surface area contributed by atoms with Crippen LogP contribution in [0.5, 0.6) is 11.5 Å². The molecule has 1 aliphatic rings. The molecule has 2 aromatic rings. The van der Waals surface area contributed by atoms with Crippen molar-refractivity contribution < 1.29 is 23.9 Å². The van der Waals surface area contributed by atoms with Crippen LogP contribution < -0.4 is 20.1 Å². The minimum absolute atomic E-state index is 0.223. The number of thioether (sulfide) groups is 1. The number of imide groups is 1. The van der Waals surface area contributed by atoms with Crippen LogP contribution in [0.15, 0.2) is 53.4 Å². The Kier molecular flexibility index (Phi) is 6.33. The van der Waals surface area contributed by atoms with Crippen molar-refractivity contribution in [3.63, 3.8) is 0 Å². The lowest BCUT2D eigenvalue weighted by molar-refractivity contribution is -0.118. The van der Waals surface area contributed by atoms with Crippen LogP contribution in [-0.4, -0.2) is 30.3 Å². The number of para-hydroxylation sites is 3. The number of hydrogen-bond donors (Lipinski definition) is 2. The summed E-state index contributed by atoms with van der Waals surface area (Å²) < 4.78 is 11.1. The largest absolute Gasteiger partial charge is 0.492 e. The van der Waals surface area contributed by atoms with Crippen LogP contribution in [0.4, 0.5) is 10.5 Å². The normalized spacial score (nSPS) is 14.7. The van der Waals surface area contributed by atoms with E-state index >= 15 is 0 Å². The summed E-state index contributed by atoms with van der Waals surface area (Å²) in [7, 11) is 0. The third kappa shape index (κ3) is 4.92. The molecule has 3 rings (SSSR count). The molecule has 1 fully saturated rings. The van der Waals surface area contributed by atoms with Crippen LogP contribution in [0.25, 0.3) is 6.08 Å². The van der Waals surface area contributed by atoms with Crippen molar-refractivity contribution in [3.05, 3.63) is 59.0 Å². The number of anilines is 1. The second-order valence-corrected chi connectivity index (χ2v) is 6.67. The first-order valence-electron chi connectivity index (χ1n) is 8.55. The molecule has 7 nitrogen and oxygen atoms in total. The zero-order valence-corrected chi connectivity index (χ0v) is 15.9. The first-order chi connectivity index (χ1) is 13.6. The highest BCUT2D eigenvalue weighted by molar-refractivity contribution is 8.18. The predicted octanol–water partition coefficient (Wildman–Crippen LogP) is 3.43.